The van der Waals surface area contributed by atoms with Crippen LogP contribution in [0.3, 0.4) is 0 Å². The minimum absolute atomic E-state index is 0.0318. The van der Waals surface area contributed by atoms with Crippen molar-refractivity contribution in [2.45, 2.75) is 12.5 Å². The van der Waals surface area contributed by atoms with Crippen LogP contribution in [-0.4, -0.2) is 44.3 Å². The standard InChI is InChI=1S/C16H19N3O4/c1-2-5-17-16(21)18-11-8-15(20)19(10-11)12-3-4-13-14(9-12)23-7-6-22-13/h2-4,9,11H,1,5-8,10H2,(H2,17,18,21). The normalized spacial score (nSPS) is 19.4. The van der Waals surface area contributed by atoms with Gasteiger partial charge in [-0.1, -0.05) is 6.08 Å². The Labute approximate surface area is 134 Å². The number of carbonyl (C=O) groups is 2. The Morgan fingerprint density at radius 3 is 2.91 bits per heavy atom. The molecular weight excluding hydrogens is 298 g/mol. The zero-order chi connectivity index (χ0) is 16.2. The van der Waals surface area contributed by atoms with Gasteiger partial charge in [0.2, 0.25) is 5.91 Å². The van der Waals surface area contributed by atoms with Crippen molar-refractivity contribution >= 4 is 17.6 Å². The lowest BCUT2D eigenvalue weighted by molar-refractivity contribution is -0.117. The fraction of sp³-hybridized carbons (Fsp3) is 0.375. The summed E-state index contributed by atoms with van der Waals surface area (Å²) in [6, 6.07) is 4.90. The lowest BCUT2D eigenvalue weighted by Gasteiger charge is -2.22. The topological polar surface area (TPSA) is 79.9 Å². The molecule has 2 heterocycles. The number of hydrogen-bond donors (Lipinski definition) is 2. The third-order valence-corrected chi connectivity index (χ3v) is 3.70. The van der Waals surface area contributed by atoms with Gasteiger partial charge in [-0.3, -0.25) is 4.79 Å². The van der Waals surface area contributed by atoms with Crippen LogP contribution >= 0.6 is 0 Å². The number of hydrogen-bond acceptors (Lipinski definition) is 4. The van der Waals surface area contributed by atoms with Crippen LogP contribution in [0.1, 0.15) is 6.42 Å². The maximum absolute atomic E-state index is 12.2. The van der Waals surface area contributed by atoms with Crippen LogP contribution < -0.4 is 25.0 Å². The Morgan fingerprint density at radius 1 is 1.35 bits per heavy atom. The molecule has 1 aromatic carbocycles. The SMILES string of the molecule is C=CCNC(=O)NC1CC(=O)N(c2ccc3c(c2)OCCO3)C1. The van der Waals surface area contributed by atoms with Gasteiger partial charge in [0.15, 0.2) is 11.5 Å². The number of urea groups is 1. The lowest BCUT2D eigenvalue weighted by atomic mass is 10.2. The molecule has 0 saturated carbocycles. The molecule has 3 rings (SSSR count). The summed E-state index contributed by atoms with van der Waals surface area (Å²) in [6.45, 7) is 5.38. The number of nitrogens with one attached hydrogen (secondary N) is 2. The van der Waals surface area contributed by atoms with Crippen LogP contribution in [0.15, 0.2) is 30.9 Å². The van der Waals surface area contributed by atoms with Gasteiger partial charge >= 0.3 is 6.03 Å². The Balaban J connectivity index is 1.66. The molecule has 2 N–H and O–H groups in total. The van der Waals surface area contributed by atoms with E-state index in [1.807, 2.05) is 6.07 Å². The quantitative estimate of drug-likeness (QED) is 0.814. The number of amides is 3. The molecule has 122 valence electrons. The highest BCUT2D eigenvalue weighted by atomic mass is 16.6. The van der Waals surface area contributed by atoms with Crippen molar-refractivity contribution in [1.29, 1.82) is 0 Å². The average molecular weight is 317 g/mol. The summed E-state index contributed by atoms with van der Waals surface area (Å²) >= 11 is 0. The first-order valence-electron chi connectivity index (χ1n) is 7.52. The number of nitrogens with zero attached hydrogens (tertiary/aromatic N) is 1. The highest BCUT2D eigenvalue weighted by Gasteiger charge is 2.32. The predicted octanol–water partition coefficient (Wildman–Crippen LogP) is 1.05. The van der Waals surface area contributed by atoms with Crippen molar-refractivity contribution in [1.82, 2.24) is 10.6 Å². The zero-order valence-corrected chi connectivity index (χ0v) is 12.7. The molecule has 3 amide bonds. The summed E-state index contributed by atoms with van der Waals surface area (Å²) in [6.07, 6.45) is 1.87. The summed E-state index contributed by atoms with van der Waals surface area (Å²) in [4.78, 5) is 25.5. The summed E-state index contributed by atoms with van der Waals surface area (Å²) in [5.41, 5.74) is 0.745. The van der Waals surface area contributed by atoms with Gasteiger partial charge in [0.25, 0.3) is 0 Å². The van der Waals surface area contributed by atoms with Gasteiger partial charge in [0.1, 0.15) is 13.2 Å². The van der Waals surface area contributed by atoms with Crippen LogP contribution in [0, 0.1) is 0 Å². The Hall–Kier alpha value is -2.70. The van der Waals surface area contributed by atoms with Crippen molar-refractivity contribution < 1.29 is 19.1 Å². The molecule has 7 heteroatoms. The van der Waals surface area contributed by atoms with Gasteiger partial charge in [0, 0.05) is 31.3 Å². The highest BCUT2D eigenvalue weighted by molar-refractivity contribution is 5.97. The molecule has 1 atom stereocenters. The highest BCUT2D eigenvalue weighted by Crippen LogP contribution is 2.35. The van der Waals surface area contributed by atoms with E-state index in [9.17, 15) is 9.59 Å². The Bertz CT molecular complexity index is 632. The van der Waals surface area contributed by atoms with Gasteiger partial charge < -0.3 is 25.0 Å². The molecule has 0 spiro atoms. The van der Waals surface area contributed by atoms with E-state index in [0.29, 0.717) is 37.8 Å². The number of ether oxygens (including phenoxy) is 2. The number of anilines is 1. The van der Waals surface area contributed by atoms with Gasteiger partial charge in [0.05, 0.1) is 6.04 Å². The van der Waals surface area contributed by atoms with Gasteiger partial charge in [-0.15, -0.1) is 6.58 Å². The molecular formula is C16H19N3O4. The van der Waals surface area contributed by atoms with Crippen molar-refractivity contribution in [3.63, 3.8) is 0 Å². The molecule has 1 aromatic rings. The van der Waals surface area contributed by atoms with Crippen LogP contribution in [0.5, 0.6) is 11.5 Å². The van der Waals surface area contributed by atoms with Crippen molar-refractivity contribution in [3.8, 4) is 11.5 Å². The fourth-order valence-electron chi connectivity index (χ4n) is 2.66. The molecule has 0 radical (unpaired) electrons. The summed E-state index contributed by atoms with van der Waals surface area (Å²) in [5.74, 6) is 1.29. The van der Waals surface area contributed by atoms with Gasteiger partial charge in [-0.2, -0.15) is 0 Å². The van der Waals surface area contributed by atoms with Crippen LogP contribution in [0.2, 0.25) is 0 Å². The van der Waals surface area contributed by atoms with Crippen molar-refractivity contribution in [3.05, 3.63) is 30.9 Å². The van der Waals surface area contributed by atoms with E-state index in [1.54, 1.807) is 23.1 Å². The summed E-state index contributed by atoms with van der Waals surface area (Å²) in [5, 5.41) is 5.43. The van der Waals surface area contributed by atoms with Gasteiger partial charge in [-0.05, 0) is 12.1 Å². The molecule has 0 aromatic heterocycles. The second-order valence-electron chi connectivity index (χ2n) is 5.38. The minimum Gasteiger partial charge on any atom is -0.486 e. The van der Waals surface area contributed by atoms with E-state index >= 15 is 0 Å². The van der Waals surface area contributed by atoms with Crippen LogP contribution in [-0.2, 0) is 4.79 Å². The maximum atomic E-state index is 12.2. The third kappa shape index (κ3) is 3.39. The minimum atomic E-state index is -0.299. The molecule has 1 fully saturated rings. The maximum Gasteiger partial charge on any atom is 0.315 e. The molecule has 7 nitrogen and oxygen atoms in total. The van der Waals surface area contributed by atoms with E-state index in [4.69, 9.17) is 9.47 Å². The second kappa shape index (κ2) is 6.60. The van der Waals surface area contributed by atoms with E-state index in [2.05, 4.69) is 17.2 Å². The van der Waals surface area contributed by atoms with Crippen molar-refractivity contribution in [2.75, 3.05) is 31.2 Å². The summed E-state index contributed by atoms with van der Waals surface area (Å²) < 4.78 is 11.0. The number of benzene rings is 1. The Morgan fingerprint density at radius 2 is 2.13 bits per heavy atom. The largest absolute Gasteiger partial charge is 0.486 e. The number of carbonyl (C=O) groups excluding carboxylic acids is 2. The molecule has 1 unspecified atom stereocenters. The molecule has 0 aliphatic carbocycles. The summed E-state index contributed by atoms with van der Waals surface area (Å²) in [7, 11) is 0. The number of rotatable bonds is 4. The first kappa shape index (κ1) is 15.2. The molecule has 0 bridgehead atoms. The van der Waals surface area contributed by atoms with E-state index in [-0.39, 0.29) is 24.4 Å². The van der Waals surface area contributed by atoms with Crippen LogP contribution in [0.25, 0.3) is 0 Å². The lowest BCUT2D eigenvalue weighted by Crippen LogP contribution is -2.43. The molecule has 2 aliphatic heterocycles. The Kier molecular flexibility index (Phi) is 4.36. The first-order valence-corrected chi connectivity index (χ1v) is 7.52. The number of fused-ring (bicyclic) bond motifs is 1. The first-order chi connectivity index (χ1) is 11.2. The van der Waals surface area contributed by atoms with Crippen molar-refractivity contribution in [2.24, 2.45) is 0 Å². The zero-order valence-electron chi connectivity index (χ0n) is 12.7. The van der Waals surface area contributed by atoms with Crippen LogP contribution in [0.4, 0.5) is 10.5 Å². The molecule has 1 saturated heterocycles. The third-order valence-electron chi connectivity index (χ3n) is 3.70. The second-order valence-corrected chi connectivity index (χ2v) is 5.38. The van der Waals surface area contributed by atoms with E-state index in [0.717, 1.165) is 5.69 Å². The monoisotopic (exact) mass is 317 g/mol. The average Bonchev–Trinajstić information content (AvgIpc) is 2.92. The fourth-order valence-corrected chi connectivity index (χ4v) is 2.66. The smallest absolute Gasteiger partial charge is 0.315 e. The predicted molar refractivity (Wildman–Crippen MR) is 84.9 cm³/mol. The molecule has 2 aliphatic rings. The van der Waals surface area contributed by atoms with Gasteiger partial charge in [-0.25, -0.2) is 4.79 Å². The van der Waals surface area contributed by atoms with E-state index < -0.39 is 0 Å². The molecule has 23 heavy (non-hydrogen) atoms. The van der Waals surface area contributed by atoms with E-state index in [1.165, 1.54) is 0 Å².